The van der Waals surface area contributed by atoms with Crippen LogP contribution in [0.5, 0.6) is 0 Å². The van der Waals surface area contributed by atoms with Crippen LogP contribution < -0.4 is 16.6 Å². The van der Waals surface area contributed by atoms with Crippen LogP contribution in [-0.4, -0.2) is 30.0 Å². The molecule has 35 heavy (non-hydrogen) atoms. The van der Waals surface area contributed by atoms with Crippen LogP contribution in [0.15, 0.2) is 27.8 Å². The van der Waals surface area contributed by atoms with Crippen LogP contribution in [0.3, 0.4) is 0 Å². The normalized spacial score (nSPS) is 11.9. The van der Waals surface area contributed by atoms with Gasteiger partial charge in [0.1, 0.15) is 5.82 Å². The van der Waals surface area contributed by atoms with Gasteiger partial charge in [0, 0.05) is 25.9 Å². The number of aromatic amines is 1. The zero-order chi connectivity index (χ0) is 25.3. The highest BCUT2D eigenvalue weighted by Gasteiger charge is 2.20. The molecule has 0 aliphatic carbocycles. The Morgan fingerprint density at radius 2 is 1.80 bits per heavy atom. The zero-order valence-electron chi connectivity index (χ0n) is 20.8. The summed E-state index contributed by atoms with van der Waals surface area (Å²) in [6.45, 7) is 11.2. The highest BCUT2D eigenvalue weighted by molar-refractivity contribution is 7.22. The molecule has 0 aliphatic heterocycles. The smallest absolute Gasteiger partial charge is 0.322 e. The lowest BCUT2D eigenvalue weighted by atomic mass is 10.2. The summed E-state index contributed by atoms with van der Waals surface area (Å²) in [5.41, 5.74) is 1.94. The first-order valence-corrected chi connectivity index (χ1v) is 12.9. The topological polar surface area (TPSA) is 115 Å². The number of imidazole rings is 1. The van der Waals surface area contributed by atoms with Gasteiger partial charge in [0.15, 0.2) is 16.3 Å². The summed E-state index contributed by atoms with van der Waals surface area (Å²) in [6, 6.07) is 6.13. The number of carbonyl (C=O) groups excluding carboxylic acids is 1. The van der Waals surface area contributed by atoms with E-state index in [1.54, 1.807) is 0 Å². The molecule has 4 rings (SSSR count). The molecular formula is C25H32N6O3S. The third kappa shape index (κ3) is 5.37. The third-order valence-corrected chi connectivity index (χ3v) is 6.68. The van der Waals surface area contributed by atoms with Crippen molar-refractivity contribution in [3.05, 3.63) is 50.4 Å². The second kappa shape index (κ2) is 10.2. The van der Waals surface area contributed by atoms with Crippen LogP contribution in [0.1, 0.15) is 52.4 Å². The predicted octanol–water partition coefficient (Wildman–Crippen LogP) is 3.94. The van der Waals surface area contributed by atoms with Crippen LogP contribution in [0.2, 0.25) is 0 Å². The van der Waals surface area contributed by atoms with Crippen LogP contribution in [0, 0.1) is 11.8 Å². The number of aromatic nitrogens is 5. The molecule has 0 bridgehead atoms. The van der Waals surface area contributed by atoms with Crippen molar-refractivity contribution in [2.45, 2.75) is 67.0 Å². The van der Waals surface area contributed by atoms with E-state index in [0.717, 1.165) is 16.6 Å². The molecule has 4 aromatic rings. The summed E-state index contributed by atoms with van der Waals surface area (Å²) in [5.74, 6) is 0.903. The maximum Gasteiger partial charge on any atom is 0.330 e. The Kier molecular flexibility index (Phi) is 7.20. The maximum absolute atomic E-state index is 12.8. The Hall–Kier alpha value is -3.27. The van der Waals surface area contributed by atoms with Crippen LogP contribution in [0.25, 0.3) is 21.4 Å². The van der Waals surface area contributed by atoms with E-state index in [-0.39, 0.29) is 24.2 Å². The van der Waals surface area contributed by atoms with Gasteiger partial charge in [0.25, 0.3) is 5.56 Å². The van der Waals surface area contributed by atoms with Gasteiger partial charge in [-0.05, 0) is 36.0 Å². The molecule has 0 aliphatic rings. The number of rotatable bonds is 9. The van der Waals surface area contributed by atoms with E-state index in [1.165, 1.54) is 21.5 Å². The molecule has 0 radical (unpaired) electrons. The molecule has 0 unspecified atom stereocenters. The third-order valence-electron chi connectivity index (χ3n) is 5.74. The van der Waals surface area contributed by atoms with Crippen LogP contribution in [0.4, 0.5) is 5.13 Å². The van der Waals surface area contributed by atoms with Gasteiger partial charge in [-0.1, -0.05) is 52.0 Å². The minimum absolute atomic E-state index is 0.170. The molecule has 186 valence electrons. The Bertz CT molecular complexity index is 1490. The number of amides is 1. The second-order valence-corrected chi connectivity index (χ2v) is 10.7. The van der Waals surface area contributed by atoms with Crippen molar-refractivity contribution in [3.63, 3.8) is 0 Å². The predicted molar refractivity (Wildman–Crippen MR) is 140 cm³/mol. The number of fused-ring (bicyclic) bond motifs is 2. The van der Waals surface area contributed by atoms with Crippen molar-refractivity contribution >= 4 is 43.8 Å². The van der Waals surface area contributed by atoms with Crippen molar-refractivity contribution in [1.29, 1.82) is 0 Å². The van der Waals surface area contributed by atoms with E-state index in [4.69, 9.17) is 0 Å². The number of hydrogen-bond donors (Lipinski definition) is 2. The summed E-state index contributed by atoms with van der Waals surface area (Å²) in [6.07, 6.45) is 1.47. The van der Waals surface area contributed by atoms with Crippen molar-refractivity contribution in [2.75, 3.05) is 5.32 Å². The quantitative estimate of drug-likeness (QED) is 0.364. The van der Waals surface area contributed by atoms with Crippen molar-refractivity contribution in [2.24, 2.45) is 11.8 Å². The first kappa shape index (κ1) is 24.8. The fraction of sp³-hybridized carbons (Fsp3) is 0.480. The molecule has 1 aromatic carbocycles. The standard InChI is InChI=1S/C25H32N6O3S/c1-6-16-7-8-17-18(11-16)35-24(26-17)28-20(32)10-9-19-27-22-21(30(19)12-14(2)3)23(33)29-25(34)31(22)13-15(4)5/h7-8,11,14-15H,6,9-10,12-13H2,1-5H3,(H,26,28,32)(H,29,33,34). The Morgan fingerprint density at radius 3 is 2.49 bits per heavy atom. The van der Waals surface area contributed by atoms with Gasteiger partial charge in [0.2, 0.25) is 5.91 Å². The number of anilines is 1. The van der Waals surface area contributed by atoms with Gasteiger partial charge in [0.05, 0.1) is 10.2 Å². The molecule has 0 saturated heterocycles. The Labute approximate surface area is 207 Å². The van der Waals surface area contributed by atoms with Gasteiger partial charge >= 0.3 is 5.69 Å². The van der Waals surface area contributed by atoms with Gasteiger partial charge < -0.3 is 9.88 Å². The summed E-state index contributed by atoms with van der Waals surface area (Å²) >= 11 is 1.46. The van der Waals surface area contributed by atoms with Crippen LogP contribution >= 0.6 is 11.3 Å². The molecule has 0 fully saturated rings. The van der Waals surface area contributed by atoms with E-state index < -0.39 is 11.2 Å². The lowest BCUT2D eigenvalue weighted by Gasteiger charge is -2.12. The lowest BCUT2D eigenvalue weighted by molar-refractivity contribution is -0.116. The van der Waals surface area contributed by atoms with Crippen molar-refractivity contribution < 1.29 is 4.79 Å². The average molecular weight is 497 g/mol. The monoisotopic (exact) mass is 496 g/mol. The number of nitrogens with one attached hydrogen (secondary N) is 2. The van der Waals surface area contributed by atoms with Gasteiger partial charge in [-0.3, -0.25) is 19.1 Å². The minimum atomic E-state index is -0.461. The summed E-state index contributed by atoms with van der Waals surface area (Å²) in [7, 11) is 0. The molecule has 0 atom stereocenters. The molecule has 10 heteroatoms. The largest absolute Gasteiger partial charge is 0.330 e. The number of benzene rings is 1. The molecule has 0 saturated carbocycles. The van der Waals surface area contributed by atoms with Crippen LogP contribution in [-0.2, 0) is 30.7 Å². The van der Waals surface area contributed by atoms with E-state index >= 15 is 0 Å². The number of thiazole rings is 1. The second-order valence-electron chi connectivity index (χ2n) is 9.69. The SMILES string of the molecule is CCc1ccc2nc(NC(=O)CCc3nc4c(c(=O)[nH]c(=O)n4CC(C)C)n3CC(C)C)sc2c1. The Morgan fingerprint density at radius 1 is 1.09 bits per heavy atom. The highest BCUT2D eigenvalue weighted by atomic mass is 32.1. The van der Waals surface area contributed by atoms with Crippen molar-refractivity contribution in [3.8, 4) is 0 Å². The Balaban J connectivity index is 1.60. The summed E-state index contributed by atoms with van der Waals surface area (Å²) in [4.78, 5) is 49.7. The fourth-order valence-corrected chi connectivity index (χ4v) is 5.10. The number of nitrogens with zero attached hydrogens (tertiary/aromatic N) is 4. The molecule has 3 aromatic heterocycles. The van der Waals surface area contributed by atoms with E-state index in [2.05, 4.69) is 47.1 Å². The fourth-order valence-electron chi connectivity index (χ4n) is 4.15. The molecule has 2 N–H and O–H groups in total. The molecule has 0 spiro atoms. The minimum Gasteiger partial charge on any atom is -0.322 e. The van der Waals surface area contributed by atoms with E-state index in [1.807, 2.05) is 30.5 Å². The average Bonchev–Trinajstić information content (AvgIpc) is 3.34. The van der Waals surface area contributed by atoms with Crippen molar-refractivity contribution in [1.82, 2.24) is 24.1 Å². The molecule has 1 amide bonds. The summed E-state index contributed by atoms with van der Waals surface area (Å²) < 4.78 is 4.42. The first-order valence-electron chi connectivity index (χ1n) is 12.1. The van der Waals surface area contributed by atoms with Gasteiger partial charge in [-0.2, -0.15) is 0 Å². The molecule has 9 nitrogen and oxygen atoms in total. The first-order chi connectivity index (χ1) is 16.7. The summed E-state index contributed by atoms with van der Waals surface area (Å²) in [5, 5.41) is 3.47. The number of carbonyl (C=O) groups is 1. The number of aryl methyl sites for hydroxylation is 2. The molecule has 3 heterocycles. The van der Waals surface area contributed by atoms with Gasteiger partial charge in [-0.25, -0.2) is 14.8 Å². The lowest BCUT2D eigenvalue weighted by Crippen LogP contribution is -2.32. The number of hydrogen-bond acceptors (Lipinski definition) is 6. The zero-order valence-corrected chi connectivity index (χ0v) is 21.7. The number of H-pyrrole nitrogens is 1. The maximum atomic E-state index is 12.8. The van der Waals surface area contributed by atoms with E-state index in [0.29, 0.717) is 41.6 Å². The van der Waals surface area contributed by atoms with E-state index in [9.17, 15) is 14.4 Å². The highest BCUT2D eigenvalue weighted by Crippen LogP contribution is 2.27. The van der Waals surface area contributed by atoms with Gasteiger partial charge in [-0.15, -0.1) is 0 Å². The molecular weight excluding hydrogens is 464 g/mol.